The second-order valence-electron chi connectivity index (χ2n) is 7.63. The van der Waals surface area contributed by atoms with E-state index in [2.05, 4.69) is 28.1 Å². The zero-order valence-electron chi connectivity index (χ0n) is 12.2. The van der Waals surface area contributed by atoms with Crippen molar-refractivity contribution in [2.24, 2.45) is 17.8 Å². The molecule has 0 spiro atoms. The van der Waals surface area contributed by atoms with Gasteiger partial charge in [-0.25, -0.2) is 0 Å². The molecular weight excluding hydrogens is 312 g/mol. The molecule has 4 bridgehead atoms. The van der Waals surface area contributed by atoms with E-state index >= 15 is 0 Å². The highest BCUT2D eigenvalue weighted by molar-refractivity contribution is 9.08. The van der Waals surface area contributed by atoms with Gasteiger partial charge in [0, 0.05) is 10.9 Å². The van der Waals surface area contributed by atoms with Crippen LogP contribution in [0.15, 0.2) is 12.1 Å². The first-order valence-corrected chi connectivity index (χ1v) is 9.11. The van der Waals surface area contributed by atoms with Gasteiger partial charge in [0.2, 0.25) is 0 Å². The Bertz CT molecular complexity index is 513. The van der Waals surface area contributed by atoms with Crippen molar-refractivity contribution in [2.45, 2.75) is 56.2 Å². The SMILES string of the molecule is Cc1cc(C23CC4CC(CC(C4)C2)C3)cc(CBr)c1O. The Kier molecular flexibility index (Phi) is 2.96. The number of hydrogen-bond donors (Lipinski definition) is 1. The van der Waals surface area contributed by atoms with Gasteiger partial charge in [0.25, 0.3) is 0 Å². The Morgan fingerprint density at radius 3 is 2.15 bits per heavy atom. The third-order valence-corrected chi connectivity index (χ3v) is 6.78. The highest BCUT2D eigenvalue weighted by atomic mass is 79.9. The van der Waals surface area contributed by atoms with Crippen LogP contribution < -0.4 is 0 Å². The molecule has 20 heavy (non-hydrogen) atoms. The number of aryl methyl sites for hydroxylation is 1. The number of rotatable bonds is 2. The van der Waals surface area contributed by atoms with Crippen molar-refractivity contribution >= 4 is 15.9 Å². The average molecular weight is 335 g/mol. The van der Waals surface area contributed by atoms with E-state index in [0.29, 0.717) is 11.2 Å². The van der Waals surface area contributed by atoms with Crippen LogP contribution in [0.5, 0.6) is 5.75 Å². The molecule has 1 N–H and O–H groups in total. The summed E-state index contributed by atoms with van der Waals surface area (Å²) in [4.78, 5) is 0. The number of phenolic OH excluding ortho intramolecular Hbond substituents is 1. The highest BCUT2D eigenvalue weighted by Crippen LogP contribution is 2.61. The van der Waals surface area contributed by atoms with Crippen LogP contribution >= 0.6 is 15.9 Å². The van der Waals surface area contributed by atoms with E-state index in [9.17, 15) is 5.11 Å². The molecule has 4 aliphatic rings. The summed E-state index contributed by atoms with van der Waals surface area (Å²) in [5, 5.41) is 10.9. The lowest BCUT2D eigenvalue weighted by molar-refractivity contribution is -0.00525. The van der Waals surface area contributed by atoms with Crippen LogP contribution in [0.2, 0.25) is 0 Å². The van der Waals surface area contributed by atoms with Crippen molar-refractivity contribution in [1.82, 2.24) is 0 Å². The molecule has 0 heterocycles. The average Bonchev–Trinajstić information content (AvgIpc) is 2.40. The summed E-state index contributed by atoms with van der Waals surface area (Å²) in [6.45, 7) is 2.05. The van der Waals surface area contributed by atoms with Gasteiger partial charge in [-0.2, -0.15) is 0 Å². The van der Waals surface area contributed by atoms with Gasteiger partial charge < -0.3 is 5.11 Å². The molecule has 1 aromatic rings. The minimum absolute atomic E-state index is 0.435. The van der Waals surface area contributed by atoms with Crippen molar-refractivity contribution in [2.75, 3.05) is 0 Å². The Morgan fingerprint density at radius 1 is 1.10 bits per heavy atom. The third kappa shape index (κ3) is 1.87. The molecule has 0 unspecified atom stereocenters. The number of aromatic hydroxyl groups is 1. The van der Waals surface area contributed by atoms with Crippen LogP contribution in [0.25, 0.3) is 0 Å². The lowest BCUT2D eigenvalue weighted by Gasteiger charge is -2.57. The molecule has 4 fully saturated rings. The molecule has 0 aromatic heterocycles. The molecule has 1 aromatic carbocycles. The smallest absolute Gasteiger partial charge is 0.122 e. The van der Waals surface area contributed by atoms with E-state index in [4.69, 9.17) is 0 Å². The summed E-state index contributed by atoms with van der Waals surface area (Å²) in [6.07, 6.45) is 8.64. The first kappa shape index (κ1) is 13.2. The van der Waals surface area contributed by atoms with Crippen molar-refractivity contribution < 1.29 is 5.11 Å². The molecule has 0 atom stereocenters. The van der Waals surface area contributed by atoms with Crippen molar-refractivity contribution in [3.63, 3.8) is 0 Å². The molecule has 0 radical (unpaired) electrons. The maximum Gasteiger partial charge on any atom is 0.122 e. The van der Waals surface area contributed by atoms with Crippen LogP contribution in [0.1, 0.15) is 55.2 Å². The topological polar surface area (TPSA) is 20.2 Å². The molecule has 0 saturated heterocycles. The summed E-state index contributed by atoms with van der Waals surface area (Å²) in [6, 6.07) is 4.55. The van der Waals surface area contributed by atoms with E-state index in [0.717, 1.165) is 34.2 Å². The van der Waals surface area contributed by atoms with Gasteiger partial charge in [-0.3, -0.25) is 0 Å². The Labute approximate surface area is 129 Å². The number of hydrogen-bond acceptors (Lipinski definition) is 1. The fourth-order valence-corrected chi connectivity index (χ4v) is 6.15. The standard InChI is InChI=1S/C18H23BrO/c1-11-2-16(6-15(10-19)17(11)20)18-7-12-3-13(8-18)5-14(4-12)9-18/h2,6,12-14,20H,3-5,7-10H2,1H3. The normalized spacial score (nSPS) is 38.4. The van der Waals surface area contributed by atoms with Crippen LogP contribution in [-0.4, -0.2) is 5.11 Å². The lowest BCUT2D eigenvalue weighted by Crippen LogP contribution is -2.48. The van der Waals surface area contributed by atoms with E-state index in [1.165, 1.54) is 44.1 Å². The van der Waals surface area contributed by atoms with Gasteiger partial charge in [0.15, 0.2) is 0 Å². The van der Waals surface area contributed by atoms with Crippen molar-refractivity contribution in [1.29, 1.82) is 0 Å². The second-order valence-corrected chi connectivity index (χ2v) is 8.19. The van der Waals surface area contributed by atoms with Gasteiger partial charge in [0.1, 0.15) is 5.75 Å². The van der Waals surface area contributed by atoms with Gasteiger partial charge in [0.05, 0.1) is 0 Å². The van der Waals surface area contributed by atoms with Crippen LogP contribution in [-0.2, 0) is 10.7 Å². The maximum absolute atomic E-state index is 10.2. The molecule has 5 rings (SSSR count). The molecule has 4 saturated carbocycles. The molecule has 4 aliphatic carbocycles. The fourth-order valence-electron chi connectivity index (χ4n) is 5.72. The molecular formula is C18H23BrO. The summed E-state index contributed by atoms with van der Waals surface area (Å²) >= 11 is 3.53. The number of benzene rings is 1. The van der Waals surface area contributed by atoms with E-state index in [1.54, 1.807) is 0 Å². The summed E-state index contributed by atoms with van der Waals surface area (Å²) < 4.78 is 0. The van der Waals surface area contributed by atoms with E-state index in [1.807, 2.05) is 6.92 Å². The minimum Gasteiger partial charge on any atom is -0.507 e. The number of phenols is 1. The molecule has 0 aliphatic heterocycles. The van der Waals surface area contributed by atoms with Crippen molar-refractivity contribution in [3.05, 3.63) is 28.8 Å². The lowest BCUT2D eigenvalue weighted by atomic mass is 9.48. The monoisotopic (exact) mass is 334 g/mol. The number of alkyl halides is 1. The molecule has 108 valence electrons. The highest BCUT2D eigenvalue weighted by Gasteiger charge is 2.51. The molecule has 0 amide bonds. The summed E-state index contributed by atoms with van der Waals surface area (Å²) in [5.41, 5.74) is 4.06. The van der Waals surface area contributed by atoms with Gasteiger partial charge in [-0.05, 0) is 79.7 Å². The first-order chi connectivity index (χ1) is 9.59. The van der Waals surface area contributed by atoms with Gasteiger partial charge >= 0.3 is 0 Å². The second kappa shape index (κ2) is 4.50. The van der Waals surface area contributed by atoms with Gasteiger partial charge in [-0.1, -0.05) is 28.1 Å². The van der Waals surface area contributed by atoms with Crippen LogP contribution in [0, 0.1) is 24.7 Å². The first-order valence-electron chi connectivity index (χ1n) is 7.98. The maximum atomic E-state index is 10.2. The van der Waals surface area contributed by atoms with Gasteiger partial charge in [-0.15, -0.1) is 0 Å². The van der Waals surface area contributed by atoms with Crippen LogP contribution in [0.4, 0.5) is 0 Å². The van der Waals surface area contributed by atoms with Crippen molar-refractivity contribution in [3.8, 4) is 5.75 Å². The number of halogens is 1. The zero-order chi connectivity index (χ0) is 13.9. The molecule has 1 nitrogen and oxygen atoms in total. The quantitative estimate of drug-likeness (QED) is 0.749. The largest absolute Gasteiger partial charge is 0.507 e. The Balaban J connectivity index is 1.79. The third-order valence-electron chi connectivity index (χ3n) is 6.17. The fraction of sp³-hybridized carbons (Fsp3) is 0.667. The summed E-state index contributed by atoms with van der Waals surface area (Å²) in [5.74, 6) is 3.41. The minimum atomic E-state index is 0.435. The predicted octanol–water partition coefficient (Wildman–Crippen LogP) is 5.06. The summed E-state index contributed by atoms with van der Waals surface area (Å²) in [7, 11) is 0. The zero-order valence-corrected chi connectivity index (χ0v) is 13.7. The Morgan fingerprint density at radius 2 is 1.65 bits per heavy atom. The predicted molar refractivity (Wildman–Crippen MR) is 85.3 cm³/mol. The van der Waals surface area contributed by atoms with E-state index < -0.39 is 0 Å². The Hall–Kier alpha value is -0.500. The van der Waals surface area contributed by atoms with E-state index in [-0.39, 0.29) is 0 Å². The van der Waals surface area contributed by atoms with Crippen LogP contribution in [0.3, 0.4) is 0 Å². The molecule has 2 heteroatoms.